The summed E-state index contributed by atoms with van der Waals surface area (Å²) < 4.78 is 40.3. The second-order valence-electron chi connectivity index (χ2n) is 12.7. The molecule has 10 nitrogen and oxygen atoms in total. The van der Waals surface area contributed by atoms with E-state index in [0.29, 0.717) is 37.5 Å². The molecule has 0 rings (SSSR count). The predicted molar refractivity (Wildman–Crippen MR) is 177 cm³/mol. The molecule has 44 heavy (non-hydrogen) atoms. The highest BCUT2D eigenvalue weighted by molar-refractivity contribution is 7.47. The van der Waals surface area contributed by atoms with E-state index in [9.17, 15) is 9.46 Å². The Labute approximate surface area is 270 Å². The molecule has 0 heterocycles. The topological polar surface area (TPSA) is 102 Å². The van der Waals surface area contributed by atoms with Crippen LogP contribution < -0.4 is 0 Å². The molecule has 0 saturated carbocycles. The number of hydrogen-bond donors (Lipinski definition) is 1. The van der Waals surface area contributed by atoms with Crippen molar-refractivity contribution >= 4 is 7.82 Å². The molecule has 0 aliphatic carbocycles. The zero-order chi connectivity index (χ0) is 32.8. The van der Waals surface area contributed by atoms with Crippen molar-refractivity contribution in [3.63, 3.8) is 0 Å². The van der Waals surface area contributed by atoms with Crippen LogP contribution in [0.15, 0.2) is 0 Å². The van der Waals surface area contributed by atoms with Crippen molar-refractivity contribution in [2.75, 3.05) is 73.9 Å². The van der Waals surface area contributed by atoms with Crippen LogP contribution >= 0.6 is 7.82 Å². The summed E-state index contributed by atoms with van der Waals surface area (Å²) in [5, 5.41) is 0. The van der Waals surface area contributed by atoms with Gasteiger partial charge in [-0.15, -0.1) is 0 Å². The largest absolute Gasteiger partial charge is 0.472 e. The van der Waals surface area contributed by atoms with E-state index in [0.717, 1.165) is 32.1 Å². The molecule has 0 aromatic rings. The first kappa shape index (κ1) is 43.9. The molecule has 0 fully saturated rings. The number of quaternary nitrogens is 1. The number of nitrogens with zero attached hydrogens (tertiary/aromatic N) is 1. The Kier molecular flexibility index (Phi) is 30.1. The summed E-state index contributed by atoms with van der Waals surface area (Å²) in [5.74, 6) is 0. The molecule has 0 aromatic carbocycles. The lowest BCUT2D eigenvalue weighted by molar-refractivity contribution is -0.870. The second-order valence-corrected chi connectivity index (χ2v) is 14.1. The van der Waals surface area contributed by atoms with Gasteiger partial charge in [0.25, 0.3) is 0 Å². The van der Waals surface area contributed by atoms with Crippen LogP contribution in [0.3, 0.4) is 0 Å². The minimum Gasteiger partial charge on any atom is -0.379 e. The highest BCUT2D eigenvalue weighted by Crippen LogP contribution is 2.43. The van der Waals surface area contributed by atoms with Crippen molar-refractivity contribution in [1.82, 2.24) is 0 Å². The maximum Gasteiger partial charge on any atom is 0.472 e. The lowest BCUT2D eigenvalue weighted by atomic mass is 10.0. The molecule has 0 saturated heterocycles. The zero-order valence-electron chi connectivity index (χ0n) is 29.4. The fourth-order valence-corrected chi connectivity index (χ4v) is 5.31. The molecule has 11 heteroatoms. The number of hydrogen-bond acceptors (Lipinski definition) is 8. The third-order valence-electron chi connectivity index (χ3n) is 7.21. The highest BCUT2D eigenvalue weighted by atomic mass is 31.2. The minimum absolute atomic E-state index is 0.111. The average molecular weight is 657 g/mol. The van der Waals surface area contributed by atoms with Crippen molar-refractivity contribution < 1.29 is 47.0 Å². The fraction of sp³-hybridized carbons (Fsp3) is 1.00. The van der Waals surface area contributed by atoms with Crippen molar-refractivity contribution in [2.45, 2.75) is 142 Å². The van der Waals surface area contributed by atoms with E-state index in [1.165, 1.54) is 77.0 Å². The average Bonchev–Trinajstić information content (AvgIpc) is 2.96. The smallest absolute Gasteiger partial charge is 0.379 e. The van der Waals surface area contributed by atoms with Gasteiger partial charge in [-0.1, -0.05) is 90.4 Å². The van der Waals surface area contributed by atoms with E-state index in [1.54, 1.807) is 0 Å². The van der Waals surface area contributed by atoms with Crippen LogP contribution in [0.1, 0.15) is 130 Å². The van der Waals surface area contributed by atoms with Crippen molar-refractivity contribution in [3.8, 4) is 0 Å². The lowest BCUT2D eigenvalue weighted by Gasteiger charge is -2.24. The minimum atomic E-state index is -4.21. The maximum absolute atomic E-state index is 12.4. The van der Waals surface area contributed by atoms with E-state index in [1.807, 2.05) is 35.0 Å². The Morgan fingerprint density at radius 2 is 1.16 bits per heavy atom. The Balaban J connectivity index is 4.22. The van der Waals surface area contributed by atoms with Crippen LogP contribution in [0.4, 0.5) is 0 Å². The normalized spacial score (nSPS) is 14.4. The maximum atomic E-state index is 12.4. The molecule has 0 spiro atoms. The highest BCUT2D eigenvalue weighted by Gasteiger charge is 2.25. The van der Waals surface area contributed by atoms with E-state index in [-0.39, 0.29) is 26.1 Å². The quantitative estimate of drug-likeness (QED) is 0.0181. The first-order chi connectivity index (χ1) is 21.1. The number of rotatable bonds is 35. The monoisotopic (exact) mass is 656 g/mol. The van der Waals surface area contributed by atoms with Gasteiger partial charge in [0.15, 0.2) is 6.29 Å². The van der Waals surface area contributed by atoms with Gasteiger partial charge in [-0.3, -0.25) is 9.05 Å². The summed E-state index contributed by atoms with van der Waals surface area (Å²) in [4.78, 5) is 21.0. The first-order valence-corrected chi connectivity index (χ1v) is 19.1. The van der Waals surface area contributed by atoms with E-state index < -0.39 is 13.9 Å². The lowest BCUT2D eigenvalue weighted by Crippen LogP contribution is -2.37. The molecule has 0 aliphatic heterocycles. The van der Waals surface area contributed by atoms with Crippen LogP contribution in [0.2, 0.25) is 0 Å². The van der Waals surface area contributed by atoms with Gasteiger partial charge in [-0.2, -0.15) is 0 Å². The third-order valence-corrected chi connectivity index (χ3v) is 8.20. The van der Waals surface area contributed by atoms with E-state index >= 15 is 0 Å². The van der Waals surface area contributed by atoms with Gasteiger partial charge in [0.1, 0.15) is 19.3 Å². The first-order valence-electron chi connectivity index (χ1n) is 17.6. The van der Waals surface area contributed by atoms with Gasteiger partial charge < -0.3 is 23.6 Å². The third kappa shape index (κ3) is 31.8. The molecule has 266 valence electrons. The summed E-state index contributed by atoms with van der Waals surface area (Å²) in [6.07, 6.45) is 19.9. The zero-order valence-corrected chi connectivity index (χ0v) is 30.3. The Morgan fingerprint density at radius 3 is 1.68 bits per heavy atom. The van der Waals surface area contributed by atoms with Gasteiger partial charge in [-0.05, 0) is 39.5 Å². The molecule has 2 atom stereocenters. The fourth-order valence-electron chi connectivity index (χ4n) is 4.56. The molecule has 1 N–H and O–H groups in total. The van der Waals surface area contributed by atoms with Crippen LogP contribution in [0, 0.1) is 0 Å². The van der Waals surface area contributed by atoms with Gasteiger partial charge in [0, 0.05) is 19.8 Å². The molecule has 0 radical (unpaired) electrons. The predicted octanol–water partition coefficient (Wildman–Crippen LogP) is 8.21. The van der Waals surface area contributed by atoms with Crippen LogP contribution in [0.25, 0.3) is 0 Å². The summed E-state index contributed by atoms with van der Waals surface area (Å²) >= 11 is 0. The van der Waals surface area contributed by atoms with E-state index in [4.69, 9.17) is 33.0 Å². The molecule has 0 aliphatic rings. The second kappa shape index (κ2) is 30.2. The Hall–Kier alpha value is -0.130. The molecule has 0 amide bonds. The Morgan fingerprint density at radius 1 is 0.636 bits per heavy atom. The summed E-state index contributed by atoms with van der Waals surface area (Å²) in [6.45, 7) is 9.08. The number of phosphoric ester groups is 1. The van der Waals surface area contributed by atoms with Crippen molar-refractivity contribution in [3.05, 3.63) is 0 Å². The van der Waals surface area contributed by atoms with E-state index in [2.05, 4.69) is 6.92 Å². The SMILES string of the molecule is CCCCCCCCCCCCCCCCOC[C@H](COP(=O)(O)OCC[N+](C)(C)C)OOCCCCC(OCC)OCC. The molecule has 1 unspecified atom stereocenters. The van der Waals surface area contributed by atoms with Gasteiger partial charge >= 0.3 is 7.82 Å². The summed E-state index contributed by atoms with van der Waals surface area (Å²) in [7, 11) is 1.74. The molecule has 0 bridgehead atoms. The van der Waals surface area contributed by atoms with Crippen molar-refractivity contribution in [2.24, 2.45) is 0 Å². The number of phosphoric acid groups is 1. The summed E-state index contributed by atoms with van der Waals surface area (Å²) in [6, 6.07) is 0. The molecular weight excluding hydrogens is 585 g/mol. The van der Waals surface area contributed by atoms with Crippen LogP contribution in [0.5, 0.6) is 0 Å². The summed E-state index contributed by atoms with van der Waals surface area (Å²) in [5.41, 5.74) is 0. The number of likely N-dealkylation sites (N-methyl/N-ethyl adjacent to an activating group) is 1. The molecule has 0 aromatic heterocycles. The van der Waals surface area contributed by atoms with Crippen LogP contribution in [-0.4, -0.2) is 95.7 Å². The Bertz CT molecular complexity index is 645. The van der Waals surface area contributed by atoms with Crippen LogP contribution in [-0.2, 0) is 37.6 Å². The van der Waals surface area contributed by atoms with Gasteiger partial charge in [0.2, 0.25) is 0 Å². The van der Waals surface area contributed by atoms with Gasteiger partial charge in [0.05, 0.1) is 41.0 Å². The number of unbranched alkanes of at least 4 members (excludes halogenated alkanes) is 14. The number of ether oxygens (including phenoxy) is 3. The standard InChI is InChI=1S/C33H70NO9P/c1-7-10-11-12-13-14-15-16-17-18-19-20-21-23-27-37-30-32(31-42-44(35,36)41-29-26-34(4,5)6)43-40-28-24-22-25-33(38-8-2)39-9-3/h32-33H,7-31H2,1-6H3/p+1/t32-/m1/s1. The molecular formula is C33H71NO9P+. The van der Waals surface area contributed by atoms with Crippen molar-refractivity contribution in [1.29, 1.82) is 0 Å². The van der Waals surface area contributed by atoms with Gasteiger partial charge in [-0.25, -0.2) is 14.3 Å².